The van der Waals surface area contributed by atoms with Gasteiger partial charge in [-0.3, -0.25) is 24.2 Å². The fourth-order valence-electron chi connectivity index (χ4n) is 5.62. The van der Waals surface area contributed by atoms with Crippen LogP contribution in [-0.4, -0.2) is 52.6 Å². The predicted molar refractivity (Wildman–Crippen MR) is 119 cm³/mol. The van der Waals surface area contributed by atoms with E-state index in [0.29, 0.717) is 32.0 Å². The molecule has 1 saturated heterocycles. The lowest BCUT2D eigenvalue weighted by Gasteiger charge is -2.18. The Morgan fingerprint density at radius 2 is 1.81 bits per heavy atom. The summed E-state index contributed by atoms with van der Waals surface area (Å²) in [6, 6.07) is 0. The molecule has 1 aromatic rings. The van der Waals surface area contributed by atoms with Crippen molar-refractivity contribution in [2.45, 2.75) is 46.1 Å². The van der Waals surface area contributed by atoms with E-state index in [1.54, 1.807) is 7.05 Å². The van der Waals surface area contributed by atoms with Crippen LogP contribution in [0.15, 0.2) is 17.1 Å². The third-order valence-corrected chi connectivity index (χ3v) is 7.10. The number of hydrogen-bond acceptors (Lipinski definition) is 4. The standard InChI is InChI=1S/C23H34N6O2/c1-5-17-16(18(6-2)28(4)27-17)13-26-23(24-3)25-10-7-11-29-21(30)19-14-8-9-15(12-14)20(19)22(29)31/h8-9,14-15,19-20H,5-7,10-13H2,1-4H3,(H2,24,25,26). The first-order valence-electron chi connectivity index (χ1n) is 11.5. The average molecular weight is 427 g/mol. The summed E-state index contributed by atoms with van der Waals surface area (Å²) in [5, 5.41) is 11.3. The maximum absolute atomic E-state index is 12.8. The summed E-state index contributed by atoms with van der Waals surface area (Å²) >= 11 is 0. The van der Waals surface area contributed by atoms with Gasteiger partial charge in [0.2, 0.25) is 11.8 Å². The molecule has 1 aliphatic heterocycles. The first kappa shape index (κ1) is 21.6. The van der Waals surface area contributed by atoms with Crippen molar-refractivity contribution in [1.82, 2.24) is 25.3 Å². The molecule has 8 heteroatoms. The van der Waals surface area contributed by atoms with Gasteiger partial charge in [-0.15, -0.1) is 0 Å². The largest absolute Gasteiger partial charge is 0.356 e. The second-order valence-electron chi connectivity index (χ2n) is 8.74. The zero-order valence-electron chi connectivity index (χ0n) is 19.0. The van der Waals surface area contributed by atoms with Gasteiger partial charge in [-0.2, -0.15) is 5.10 Å². The molecule has 168 valence electrons. The minimum absolute atomic E-state index is 0.0325. The third-order valence-electron chi connectivity index (χ3n) is 7.10. The van der Waals surface area contributed by atoms with Gasteiger partial charge >= 0.3 is 0 Å². The van der Waals surface area contributed by atoms with Gasteiger partial charge in [0.25, 0.3) is 0 Å². The minimum atomic E-state index is -0.107. The molecule has 4 rings (SSSR count). The van der Waals surface area contributed by atoms with Gasteiger partial charge in [0.15, 0.2) is 5.96 Å². The van der Waals surface area contributed by atoms with Crippen LogP contribution in [0.3, 0.4) is 0 Å². The molecule has 2 bridgehead atoms. The summed E-state index contributed by atoms with van der Waals surface area (Å²) in [5.41, 5.74) is 3.58. The highest BCUT2D eigenvalue weighted by Gasteiger charge is 2.58. The van der Waals surface area contributed by atoms with Crippen LogP contribution in [0.2, 0.25) is 0 Å². The lowest BCUT2D eigenvalue weighted by Crippen LogP contribution is -2.39. The first-order chi connectivity index (χ1) is 15.0. The number of carbonyl (C=O) groups is 2. The normalized spacial score (nSPS) is 26.8. The van der Waals surface area contributed by atoms with Gasteiger partial charge < -0.3 is 10.6 Å². The number of allylic oxidation sites excluding steroid dienone is 2. The van der Waals surface area contributed by atoms with Gasteiger partial charge in [-0.1, -0.05) is 26.0 Å². The van der Waals surface area contributed by atoms with E-state index in [1.165, 1.54) is 16.2 Å². The second kappa shape index (κ2) is 8.85. The highest BCUT2D eigenvalue weighted by molar-refractivity contribution is 6.06. The first-order valence-corrected chi connectivity index (χ1v) is 11.5. The molecule has 0 spiro atoms. The Bertz CT molecular complexity index is 887. The van der Waals surface area contributed by atoms with Crippen LogP contribution in [0.25, 0.3) is 0 Å². The Kier molecular flexibility index (Phi) is 6.16. The van der Waals surface area contributed by atoms with Crippen LogP contribution in [0.1, 0.15) is 43.6 Å². The topological polar surface area (TPSA) is 91.6 Å². The third kappa shape index (κ3) is 3.77. The molecule has 4 unspecified atom stereocenters. The Hall–Kier alpha value is -2.64. The van der Waals surface area contributed by atoms with Crippen molar-refractivity contribution >= 4 is 17.8 Å². The molecule has 2 aliphatic carbocycles. The van der Waals surface area contributed by atoms with Crippen molar-refractivity contribution in [2.24, 2.45) is 35.7 Å². The summed E-state index contributed by atoms with van der Waals surface area (Å²) < 4.78 is 1.97. The molecule has 2 heterocycles. The number of imide groups is 1. The van der Waals surface area contributed by atoms with E-state index in [4.69, 9.17) is 0 Å². The number of carbonyl (C=O) groups excluding carboxylic acids is 2. The zero-order valence-corrected chi connectivity index (χ0v) is 19.0. The van der Waals surface area contributed by atoms with Crippen molar-refractivity contribution in [2.75, 3.05) is 20.1 Å². The van der Waals surface area contributed by atoms with E-state index in [0.717, 1.165) is 25.0 Å². The number of hydrogen-bond donors (Lipinski definition) is 2. The van der Waals surface area contributed by atoms with Crippen LogP contribution in [0, 0.1) is 23.7 Å². The van der Waals surface area contributed by atoms with Gasteiger partial charge in [0, 0.05) is 45.0 Å². The molecule has 2 amide bonds. The maximum Gasteiger partial charge on any atom is 0.233 e. The molecule has 3 aliphatic rings. The Labute approximate surface area is 184 Å². The molecule has 0 aromatic carbocycles. The number of rotatable bonds is 8. The number of guanidine groups is 1. The highest BCUT2D eigenvalue weighted by atomic mass is 16.2. The lowest BCUT2D eigenvalue weighted by atomic mass is 9.85. The van der Waals surface area contributed by atoms with Gasteiger partial charge in [0.1, 0.15) is 0 Å². The molecular formula is C23H34N6O2. The molecule has 1 saturated carbocycles. The van der Waals surface area contributed by atoms with Crippen LogP contribution in [0.4, 0.5) is 0 Å². The number of aryl methyl sites for hydroxylation is 2. The SMILES string of the molecule is CCc1nn(C)c(CC)c1CNC(=NC)NCCCN1C(=O)C2C3C=CC(C3)C2C1=O. The van der Waals surface area contributed by atoms with Crippen molar-refractivity contribution in [3.05, 3.63) is 29.1 Å². The number of likely N-dealkylation sites (tertiary alicyclic amines) is 1. The van der Waals surface area contributed by atoms with Gasteiger partial charge in [-0.25, -0.2) is 0 Å². The summed E-state index contributed by atoms with van der Waals surface area (Å²) in [4.78, 5) is 31.3. The van der Waals surface area contributed by atoms with E-state index in [-0.39, 0.29) is 35.5 Å². The van der Waals surface area contributed by atoms with Crippen LogP contribution >= 0.6 is 0 Å². The average Bonchev–Trinajstić information content (AvgIpc) is 3.51. The van der Waals surface area contributed by atoms with Gasteiger partial charge in [0.05, 0.1) is 17.5 Å². The zero-order chi connectivity index (χ0) is 22.1. The number of nitrogens with zero attached hydrogens (tertiary/aromatic N) is 4. The minimum Gasteiger partial charge on any atom is -0.356 e. The van der Waals surface area contributed by atoms with E-state index >= 15 is 0 Å². The molecule has 2 fully saturated rings. The molecule has 0 radical (unpaired) electrons. The van der Waals surface area contributed by atoms with E-state index in [2.05, 4.69) is 46.7 Å². The number of nitrogens with one attached hydrogen (secondary N) is 2. The van der Waals surface area contributed by atoms with E-state index in [1.807, 2.05) is 11.7 Å². The Morgan fingerprint density at radius 1 is 1.13 bits per heavy atom. The number of aromatic nitrogens is 2. The number of aliphatic imine (C=N–C) groups is 1. The monoisotopic (exact) mass is 426 g/mol. The molecule has 1 aromatic heterocycles. The van der Waals surface area contributed by atoms with Crippen LogP contribution in [-0.2, 0) is 36.0 Å². The molecule has 31 heavy (non-hydrogen) atoms. The second-order valence-corrected chi connectivity index (χ2v) is 8.74. The van der Waals surface area contributed by atoms with E-state index < -0.39 is 0 Å². The van der Waals surface area contributed by atoms with Gasteiger partial charge in [-0.05, 0) is 37.5 Å². The summed E-state index contributed by atoms with van der Waals surface area (Å²) in [7, 11) is 3.74. The lowest BCUT2D eigenvalue weighted by molar-refractivity contribution is -0.140. The number of fused-ring (bicyclic) bond motifs is 5. The summed E-state index contributed by atoms with van der Waals surface area (Å²) in [6.07, 6.45) is 7.77. The molecule has 2 N–H and O–H groups in total. The Morgan fingerprint density at radius 3 is 2.39 bits per heavy atom. The van der Waals surface area contributed by atoms with E-state index in [9.17, 15) is 9.59 Å². The van der Waals surface area contributed by atoms with Crippen molar-refractivity contribution in [3.63, 3.8) is 0 Å². The number of amides is 2. The summed E-state index contributed by atoms with van der Waals surface area (Å²) in [5.74, 6) is 1.10. The maximum atomic E-state index is 12.8. The predicted octanol–water partition coefficient (Wildman–Crippen LogP) is 1.41. The van der Waals surface area contributed by atoms with Crippen molar-refractivity contribution < 1.29 is 9.59 Å². The van der Waals surface area contributed by atoms with Crippen LogP contribution < -0.4 is 10.6 Å². The molecule has 4 atom stereocenters. The molecule has 8 nitrogen and oxygen atoms in total. The summed E-state index contributed by atoms with van der Waals surface area (Å²) in [6.45, 7) is 6.04. The fraction of sp³-hybridized carbons (Fsp3) is 0.652. The quantitative estimate of drug-likeness (QED) is 0.216. The van der Waals surface area contributed by atoms with Crippen LogP contribution in [0.5, 0.6) is 0 Å². The fourth-order valence-corrected chi connectivity index (χ4v) is 5.62. The smallest absolute Gasteiger partial charge is 0.233 e. The highest BCUT2D eigenvalue weighted by Crippen LogP contribution is 2.52. The van der Waals surface area contributed by atoms with Crippen molar-refractivity contribution in [1.29, 1.82) is 0 Å². The van der Waals surface area contributed by atoms with Crippen molar-refractivity contribution in [3.8, 4) is 0 Å². The Balaban J connectivity index is 1.25. The molecular weight excluding hydrogens is 392 g/mol.